The Labute approximate surface area is 166 Å². The van der Waals surface area contributed by atoms with Crippen molar-refractivity contribution in [3.8, 4) is 0 Å². The minimum absolute atomic E-state index is 0.00945. The fraction of sp³-hybridized carbons (Fsp3) is 0.455. The van der Waals surface area contributed by atoms with E-state index in [1.807, 2.05) is 33.2 Å². The summed E-state index contributed by atoms with van der Waals surface area (Å²) < 4.78 is 2.08. The molecule has 1 aliphatic rings. The van der Waals surface area contributed by atoms with Gasteiger partial charge in [0.1, 0.15) is 0 Å². The number of nitrogens with zero attached hydrogens (tertiary/aromatic N) is 2. The van der Waals surface area contributed by atoms with Gasteiger partial charge in [0.15, 0.2) is 0 Å². The molecule has 3 rings (SSSR count). The van der Waals surface area contributed by atoms with Crippen molar-refractivity contribution in [3.05, 3.63) is 59.4 Å². The number of amides is 2. The van der Waals surface area contributed by atoms with E-state index < -0.39 is 11.8 Å². The van der Waals surface area contributed by atoms with Gasteiger partial charge in [0.05, 0.1) is 6.04 Å². The topological polar surface area (TPSA) is 66.4 Å². The highest BCUT2D eigenvalue weighted by Crippen LogP contribution is 2.27. The number of rotatable bonds is 6. The van der Waals surface area contributed by atoms with E-state index in [-0.39, 0.29) is 6.04 Å². The molecule has 0 saturated heterocycles. The molecule has 1 atom stereocenters. The van der Waals surface area contributed by atoms with Crippen molar-refractivity contribution in [2.24, 2.45) is 13.0 Å². The summed E-state index contributed by atoms with van der Waals surface area (Å²) in [6, 6.07) is 12.6. The van der Waals surface area contributed by atoms with Crippen LogP contribution in [0.15, 0.2) is 42.6 Å². The lowest BCUT2D eigenvalue weighted by molar-refractivity contribution is -0.139. The highest BCUT2D eigenvalue weighted by Gasteiger charge is 2.27. The van der Waals surface area contributed by atoms with Crippen LogP contribution in [0.1, 0.15) is 36.7 Å². The molecule has 2 aromatic rings. The second-order valence-corrected chi connectivity index (χ2v) is 7.86. The van der Waals surface area contributed by atoms with Crippen LogP contribution < -0.4 is 10.6 Å². The van der Waals surface area contributed by atoms with Gasteiger partial charge in [-0.05, 0) is 35.6 Å². The summed E-state index contributed by atoms with van der Waals surface area (Å²) in [6.07, 6.45) is 3.00. The smallest absolute Gasteiger partial charge is 0.309 e. The first-order valence-electron chi connectivity index (χ1n) is 9.93. The van der Waals surface area contributed by atoms with Gasteiger partial charge in [0.25, 0.3) is 0 Å². The van der Waals surface area contributed by atoms with Gasteiger partial charge in [0.2, 0.25) is 0 Å². The zero-order chi connectivity index (χ0) is 20.1. The lowest BCUT2D eigenvalue weighted by Gasteiger charge is -2.36. The Morgan fingerprint density at radius 2 is 1.68 bits per heavy atom. The number of benzene rings is 1. The summed E-state index contributed by atoms with van der Waals surface area (Å²) >= 11 is 0. The summed E-state index contributed by atoms with van der Waals surface area (Å²) in [5.74, 6) is -0.832. The second-order valence-electron chi connectivity index (χ2n) is 7.86. The van der Waals surface area contributed by atoms with Crippen molar-refractivity contribution >= 4 is 11.8 Å². The Balaban J connectivity index is 1.70. The van der Waals surface area contributed by atoms with Gasteiger partial charge in [-0.15, -0.1) is 0 Å². The van der Waals surface area contributed by atoms with Crippen LogP contribution in [0.25, 0.3) is 0 Å². The maximum absolute atomic E-state index is 12.2. The Morgan fingerprint density at radius 3 is 2.32 bits per heavy atom. The molecule has 0 unspecified atom stereocenters. The first kappa shape index (κ1) is 20.1. The minimum Gasteiger partial charge on any atom is -0.353 e. The van der Waals surface area contributed by atoms with Crippen LogP contribution in [0.2, 0.25) is 0 Å². The highest BCUT2D eigenvalue weighted by atomic mass is 16.2. The van der Waals surface area contributed by atoms with Crippen molar-refractivity contribution in [1.82, 2.24) is 20.1 Å². The van der Waals surface area contributed by atoms with E-state index in [9.17, 15) is 9.59 Å². The molecular formula is C22H30N4O2. The minimum atomic E-state index is -0.572. The third kappa shape index (κ3) is 4.81. The summed E-state index contributed by atoms with van der Waals surface area (Å²) in [7, 11) is 2.01. The van der Waals surface area contributed by atoms with E-state index in [1.54, 1.807) is 0 Å². The van der Waals surface area contributed by atoms with Crippen LogP contribution in [-0.2, 0) is 29.6 Å². The SMILES string of the molecule is CC(C)CNC(=O)C(=O)NC[C@H](c1cccn1C)N1CCc2ccccc2C1. The van der Waals surface area contributed by atoms with E-state index in [2.05, 4.69) is 50.4 Å². The average molecular weight is 383 g/mol. The zero-order valence-electron chi connectivity index (χ0n) is 16.9. The van der Waals surface area contributed by atoms with Crippen molar-refractivity contribution in [1.29, 1.82) is 0 Å². The molecule has 150 valence electrons. The van der Waals surface area contributed by atoms with Gasteiger partial charge >= 0.3 is 11.8 Å². The third-order valence-corrected chi connectivity index (χ3v) is 5.26. The molecule has 0 aliphatic carbocycles. The maximum Gasteiger partial charge on any atom is 0.309 e. The van der Waals surface area contributed by atoms with Gasteiger partial charge < -0.3 is 15.2 Å². The molecule has 0 spiro atoms. The van der Waals surface area contributed by atoms with Crippen LogP contribution in [0, 0.1) is 5.92 Å². The molecule has 1 aromatic carbocycles. The molecular weight excluding hydrogens is 352 g/mol. The van der Waals surface area contributed by atoms with Crippen molar-refractivity contribution in [2.45, 2.75) is 32.9 Å². The van der Waals surface area contributed by atoms with Crippen LogP contribution >= 0.6 is 0 Å². The van der Waals surface area contributed by atoms with Crippen molar-refractivity contribution < 1.29 is 9.59 Å². The van der Waals surface area contributed by atoms with Crippen molar-refractivity contribution in [3.63, 3.8) is 0 Å². The molecule has 1 aromatic heterocycles. The van der Waals surface area contributed by atoms with Gasteiger partial charge in [-0.25, -0.2) is 0 Å². The first-order chi connectivity index (χ1) is 13.5. The zero-order valence-corrected chi connectivity index (χ0v) is 16.9. The van der Waals surface area contributed by atoms with Crippen LogP contribution in [0.4, 0.5) is 0 Å². The molecule has 2 N–H and O–H groups in total. The third-order valence-electron chi connectivity index (χ3n) is 5.26. The highest BCUT2D eigenvalue weighted by molar-refractivity contribution is 6.35. The Morgan fingerprint density at radius 1 is 1.00 bits per heavy atom. The number of aryl methyl sites for hydroxylation is 1. The summed E-state index contributed by atoms with van der Waals surface area (Å²) in [5.41, 5.74) is 3.85. The number of aromatic nitrogens is 1. The standard InChI is InChI=1S/C22H30N4O2/c1-16(2)13-23-21(27)22(28)24-14-20(19-9-6-11-25(19)3)26-12-10-17-7-4-5-8-18(17)15-26/h4-9,11,16,20H,10,12-15H2,1-3H3,(H,23,27)(H,24,28)/t20-/m1/s1. The number of fused-ring (bicyclic) bond motifs is 1. The molecule has 2 heterocycles. The van der Waals surface area contributed by atoms with Gasteiger partial charge in [-0.3, -0.25) is 14.5 Å². The van der Waals surface area contributed by atoms with Crippen LogP contribution in [0.5, 0.6) is 0 Å². The van der Waals surface area contributed by atoms with E-state index in [0.29, 0.717) is 19.0 Å². The van der Waals surface area contributed by atoms with E-state index in [0.717, 1.165) is 25.2 Å². The fourth-order valence-electron chi connectivity index (χ4n) is 3.67. The molecule has 0 bridgehead atoms. The van der Waals surface area contributed by atoms with E-state index in [1.165, 1.54) is 11.1 Å². The maximum atomic E-state index is 12.2. The fourth-order valence-corrected chi connectivity index (χ4v) is 3.67. The van der Waals surface area contributed by atoms with Gasteiger partial charge in [0, 0.05) is 45.1 Å². The number of nitrogens with one attached hydrogen (secondary N) is 2. The molecule has 1 aliphatic heterocycles. The van der Waals surface area contributed by atoms with Gasteiger partial charge in [-0.2, -0.15) is 0 Å². The summed E-state index contributed by atoms with van der Waals surface area (Å²) in [5, 5.41) is 5.51. The molecule has 6 heteroatoms. The first-order valence-corrected chi connectivity index (χ1v) is 9.93. The monoisotopic (exact) mass is 382 g/mol. The largest absolute Gasteiger partial charge is 0.353 e. The van der Waals surface area contributed by atoms with Crippen LogP contribution in [-0.4, -0.2) is 40.9 Å². The van der Waals surface area contributed by atoms with E-state index >= 15 is 0 Å². The summed E-state index contributed by atoms with van der Waals surface area (Å²) in [6.45, 7) is 6.64. The Bertz CT molecular complexity index is 827. The lowest BCUT2D eigenvalue weighted by atomic mass is 9.98. The average Bonchev–Trinajstić information content (AvgIpc) is 3.11. The molecule has 6 nitrogen and oxygen atoms in total. The molecule has 28 heavy (non-hydrogen) atoms. The number of carbonyl (C=O) groups excluding carboxylic acids is 2. The second kappa shape index (κ2) is 9.06. The molecule has 2 amide bonds. The Kier molecular flexibility index (Phi) is 6.52. The van der Waals surface area contributed by atoms with Gasteiger partial charge in [-0.1, -0.05) is 38.1 Å². The number of carbonyl (C=O) groups is 2. The van der Waals surface area contributed by atoms with Crippen LogP contribution in [0.3, 0.4) is 0 Å². The van der Waals surface area contributed by atoms with E-state index in [4.69, 9.17) is 0 Å². The lowest BCUT2D eigenvalue weighted by Crippen LogP contribution is -2.46. The normalized spacial score (nSPS) is 15.1. The molecule has 0 fully saturated rings. The predicted octanol–water partition coefficient (Wildman–Crippen LogP) is 2.01. The summed E-state index contributed by atoms with van der Waals surface area (Å²) in [4.78, 5) is 26.6. The quantitative estimate of drug-likeness (QED) is 0.751. The Hall–Kier alpha value is -2.60. The predicted molar refractivity (Wildman–Crippen MR) is 110 cm³/mol. The number of hydrogen-bond donors (Lipinski definition) is 2. The molecule has 0 saturated carbocycles. The number of hydrogen-bond acceptors (Lipinski definition) is 3. The molecule has 0 radical (unpaired) electrons. The van der Waals surface area contributed by atoms with Crippen molar-refractivity contribution in [2.75, 3.05) is 19.6 Å².